The molecule has 4 heteroatoms. The van der Waals surface area contributed by atoms with Gasteiger partial charge in [-0.1, -0.05) is 49.4 Å². The minimum Gasteiger partial charge on any atom is -0.376 e. The van der Waals surface area contributed by atoms with Crippen LogP contribution in [-0.2, 0) is 16.1 Å². The Kier molecular flexibility index (Phi) is 4.08. The number of benzene rings is 1. The van der Waals surface area contributed by atoms with E-state index in [4.69, 9.17) is 4.74 Å². The molecule has 1 aliphatic carbocycles. The van der Waals surface area contributed by atoms with Crippen molar-refractivity contribution in [2.24, 2.45) is 23.7 Å². The van der Waals surface area contributed by atoms with Gasteiger partial charge in [0.15, 0.2) is 0 Å². The van der Waals surface area contributed by atoms with E-state index in [0.29, 0.717) is 13.2 Å². The standard InChI is InChI=1S/C17H21NO3/c1-11-7-8-13(15-14(11)16(19)18-17(15)20)10-21-9-12-5-3-2-4-6-12/h2-8,11,13-16,19H,9-10H2,1H3,(H,18,20)/t11-,13-,14-,15+,16?/m1/s1. The maximum absolute atomic E-state index is 12.0. The van der Waals surface area contributed by atoms with E-state index in [1.807, 2.05) is 37.3 Å². The molecule has 1 saturated heterocycles. The van der Waals surface area contributed by atoms with Crippen molar-refractivity contribution in [1.82, 2.24) is 5.32 Å². The number of hydrogen-bond acceptors (Lipinski definition) is 3. The number of carbonyl (C=O) groups excluding carboxylic acids is 1. The number of amides is 1. The van der Waals surface area contributed by atoms with Crippen LogP contribution in [0.5, 0.6) is 0 Å². The quantitative estimate of drug-likeness (QED) is 0.829. The number of hydrogen-bond donors (Lipinski definition) is 2. The van der Waals surface area contributed by atoms with Gasteiger partial charge >= 0.3 is 0 Å². The second-order valence-corrected chi connectivity index (χ2v) is 5.97. The molecule has 21 heavy (non-hydrogen) atoms. The van der Waals surface area contributed by atoms with Gasteiger partial charge in [0.25, 0.3) is 0 Å². The van der Waals surface area contributed by atoms with Gasteiger partial charge in [0.05, 0.1) is 19.1 Å². The van der Waals surface area contributed by atoms with Crippen LogP contribution in [0.3, 0.4) is 0 Å². The zero-order chi connectivity index (χ0) is 14.8. The van der Waals surface area contributed by atoms with Crippen molar-refractivity contribution in [3.05, 3.63) is 48.0 Å². The van der Waals surface area contributed by atoms with Gasteiger partial charge in [0.2, 0.25) is 5.91 Å². The van der Waals surface area contributed by atoms with Gasteiger partial charge in [-0.15, -0.1) is 0 Å². The Morgan fingerprint density at radius 3 is 2.76 bits per heavy atom. The summed E-state index contributed by atoms with van der Waals surface area (Å²) in [7, 11) is 0. The first-order valence-electron chi connectivity index (χ1n) is 7.45. The zero-order valence-electron chi connectivity index (χ0n) is 12.1. The van der Waals surface area contributed by atoms with E-state index in [-0.39, 0.29) is 29.6 Å². The monoisotopic (exact) mass is 287 g/mol. The summed E-state index contributed by atoms with van der Waals surface area (Å²) in [5, 5.41) is 12.6. The summed E-state index contributed by atoms with van der Waals surface area (Å²) in [5.74, 6) is -0.0537. The smallest absolute Gasteiger partial charge is 0.226 e. The second kappa shape index (κ2) is 6.00. The summed E-state index contributed by atoms with van der Waals surface area (Å²) in [6.45, 7) is 3.08. The number of carbonyl (C=O) groups is 1. The highest BCUT2D eigenvalue weighted by atomic mass is 16.5. The fraction of sp³-hybridized carbons (Fsp3) is 0.471. The molecule has 0 saturated carbocycles. The van der Waals surface area contributed by atoms with Crippen molar-refractivity contribution < 1.29 is 14.6 Å². The Balaban J connectivity index is 1.62. The van der Waals surface area contributed by atoms with Crippen LogP contribution in [0.2, 0.25) is 0 Å². The van der Waals surface area contributed by atoms with Crippen LogP contribution in [0, 0.1) is 23.7 Å². The molecule has 1 unspecified atom stereocenters. The van der Waals surface area contributed by atoms with Gasteiger partial charge in [0.1, 0.15) is 6.23 Å². The van der Waals surface area contributed by atoms with Crippen LogP contribution < -0.4 is 5.32 Å². The first-order valence-corrected chi connectivity index (χ1v) is 7.45. The average molecular weight is 287 g/mol. The van der Waals surface area contributed by atoms with Crippen molar-refractivity contribution >= 4 is 5.91 Å². The van der Waals surface area contributed by atoms with E-state index < -0.39 is 6.23 Å². The molecule has 2 N–H and O–H groups in total. The van der Waals surface area contributed by atoms with Crippen LogP contribution in [-0.4, -0.2) is 23.8 Å². The third-order valence-corrected chi connectivity index (χ3v) is 4.52. The minimum atomic E-state index is -0.737. The highest BCUT2D eigenvalue weighted by molar-refractivity contribution is 5.82. The Morgan fingerprint density at radius 2 is 2.00 bits per heavy atom. The third kappa shape index (κ3) is 2.87. The van der Waals surface area contributed by atoms with Crippen LogP contribution in [0.4, 0.5) is 0 Å². The molecule has 1 fully saturated rings. The Morgan fingerprint density at radius 1 is 1.24 bits per heavy atom. The number of aliphatic hydroxyl groups is 1. The summed E-state index contributed by atoms with van der Waals surface area (Å²) in [6.07, 6.45) is 3.41. The maximum atomic E-state index is 12.0. The summed E-state index contributed by atoms with van der Waals surface area (Å²) in [6, 6.07) is 9.99. The van der Waals surface area contributed by atoms with Gasteiger partial charge in [-0.25, -0.2) is 0 Å². The maximum Gasteiger partial charge on any atom is 0.226 e. The van der Waals surface area contributed by atoms with Crippen molar-refractivity contribution in [2.45, 2.75) is 19.8 Å². The molecule has 0 aromatic heterocycles. The summed E-state index contributed by atoms with van der Waals surface area (Å²) < 4.78 is 5.77. The summed E-state index contributed by atoms with van der Waals surface area (Å²) in [4.78, 5) is 12.0. The van der Waals surface area contributed by atoms with Crippen LogP contribution in [0.15, 0.2) is 42.5 Å². The number of allylic oxidation sites excluding steroid dienone is 1. The molecule has 3 rings (SSSR count). The average Bonchev–Trinajstić information content (AvgIpc) is 2.79. The zero-order valence-corrected chi connectivity index (χ0v) is 12.1. The van der Waals surface area contributed by atoms with Crippen molar-refractivity contribution in [3.63, 3.8) is 0 Å². The Labute approximate surface area is 124 Å². The number of rotatable bonds is 4. The SMILES string of the molecule is C[C@@H]1C=C[C@H](COCc2ccccc2)[C@@H]2C(=O)NC(O)[C@@H]21. The third-order valence-electron chi connectivity index (χ3n) is 4.52. The molecular formula is C17H21NO3. The molecule has 1 heterocycles. The van der Waals surface area contributed by atoms with Gasteiger partial charge in [-0.05, 0) is 11.5 Å². The molecule has 1 aliphatic heterocycles. The minimum absolute atomic E-state index is 0.0343. The molecule has 2 aliphatic rings. The van der Waals surface area contributed by atoms with Crippen LogP contribution in [0.25, 0.3) is 0 Å². The Bertz CT molecular complexity index is 528. The number of nitrogens with one attached hydrogen (secondary N) is 1. The largest absolute Gasteiger partial charge is 0.376 e. The molecule has 0 spiro atoms. The molecule has 5 atom stereocenters. The van der Waals surface area contributed by atoms with E-state index >= 15 is 0 Å². The molecule has 0 radical (unpaired) electrons. The molecule has 1 aromatic carbocycles. The van der Waals surface area contributed by atoms with E-state index in [2.05, 4.69) is 17.5 Å². The summed E-state index contributed by atoms with van der Waals surface area (Å²) >= 11 is 0. The lowest BCUT2D eigenvalue weighted by Crippen LogP contribution is -2.36. The highest BCUT2D eigenvalue weighted by Crippen LogP contribution is 2.39. The van der Waals surface area contributed by atoms with Gasteiger partial charge in [-0.3, -0.25) is 4.79 Å². The van der Waals surface area contributed by atoms with E-state index in [1.54, 1.807) is 0 Å². The molecule has 0 bridgehead atoms. The van der Waals surface area contributed by atoms with Crippen molar-refractivity contribution in [2.75, 3.05) is 6.61 Å². The lowest BCUT2D eigenvalue weighted by Gasteiger charge is -2.32. The van der Waals surface area contributed by atoms with Gasteiger partial charge in [0, 0.05) is 11.8 Å². The van der Waals surface area contributed by atoms with Gasteiger partial charge in [-0.2, -0.15) is 0 Å². The van der Waals surface area contributed by atoms with E-state index in [1.165, 1.54) is 0 Å². The molecule has 4 nitrogen and oxygen atoms in total. The fourth-order valence-corrected chi connectivity index (χ4v) is 3.42. The molecule has 1 amide bonds. The van der Waals surface area contributed by atoms with E-state index in [0.717, 1.165) is 5.56 Å². The van der Waals surface area contributed by atoms with Crippen molar-refractivity contribution in [3.8, 4) is 0 Å². The Hall–Kier alpha value is -1.65. The van der Waals surface area contributed by atoms with Crippen molar-refractivity contribution in [1.29, 1.82) is 0 Å². The highest BCUT2D eigenvalue weighted by Gasteiger charge is 2.48. The normalized spacial score (nSPS) is 34.6. The van der Waals surface area contributed by atoms with E-state index in [9.17, 15) is 9.90 Å². The van der Waals surface area contributed by atoms with Gasteiger partial charge < -0.3 is 15.2 Å². The molecule has 112 valence electrons. The topological polar surface area (TPSA) is 58.6 Å². The fourth-order valence-electron chi connectivity index (χ4n) is 3.42. The molecule has 1 aromatic rings. The predicted octanol–water partition coefficient (Wildman–Crippen LogP) is 1.71. The molecular weight excluding hydrogens is 266 g/mol. The number of aliphatic hydroxyl groups excluding tert-OH is 1. The van der Waals surface area contributed by atoms with Crippen LogP contribution >= 0.6 is 0 Å². The number of ether oxygens (including phenoxy) is 1. The predicted molar refractivity (Wildman–Crippen MR) is 79.0 cm³/mol. The lowest BCUT2D eigenvalue weighted by molar-refractivity contribution is -0.125. The van der Waals surface area contributed by atoms with Crippen LogP contribution in [0.1, 0.15) is 12.5 Å². The first-order chi connectivity index (χ1) is 10.2. The lowest BCUT2D eigenvalue weighted by atomic mass is 9.72. The second-order valence-electron chi connectivity index (χ2n) is 5.97. The number of fused-ring (bicyclic) bond motifs is 1. The summed E-state index contributed by atoms with van der Waals surface area (Å²) in [5.41, 5.74) is 1.12. The first kappa shape index (κ1) is 14.3.